The van der Waals surface area contributed by atoms with Gasteiger partial charge in [-0.3, -0.25) is 9.59 Å². The zero-order valence-electron chi connectivity index (χ0n) is 18.6. The fourth-order valence-electron chi connectivity index (χ4n) is 4.70. The average molecular weight is 423 g/mol. The summed E-state index contributed by atoms with van der Waals surface area (Å²) in [6.07, 6.45) is 2.31. The number of carbonyl (C=O) groups is 2. The predicted molar refractivity (Wildman–Crippen MR) is 118 cm³/mol. The van der Waals surface area contributed by atoms with Crippen LogP contribution in [-0.4, -0.2) is 37.0 Å². The Balaban J connectivity index is 1.56. The molecule has 4 rings (SSSR count). The quantitative estimate of drug-likeness (QED) is 0.735. The number of hydrogen-bond acceptors (Lipinski definition) is 4. The molecule has 1 heterocycles. The molecule has 0 spiro atoms. The summed E-state index contributed by atoms with van der Waals surface area (Å²) >= 11 is 0. The molecule has 6 heteroatoms. The molecule has 6 nitrogen and oxygen atoms in total. The number of ether oxygens (including phenoxy) is 2. The third-order valence-electron chi connectivity index (χ3n) is 6.26. The number of benzene rings is 2. The van der Waals surface area contributed by atoms with Crippen LogP contribution in [-0.2, 0) is 17.8 Å². The smallest absolute Gasteiger partial charge is 0.255 e. The van der Waals surface area contributed by atoms with Crippen molar-refractivity contribution < 1.29 is 19.1 Å². The van der Waals surface area contributed by atoms with Gasteiger partial charge in [0.25, 0.3) is 5.91 Å². The lowest BCUT2D eigenvalue weighted by Crippen LogP contribution is -2.48. The van der Waals surface area contributed by atoms with Crippen LogP contribution in [0.25, 0.3) is 0 Å². The largest absolute Gasteiger partial charge is 0.493 e. The second-order valence-electron chi connectivity index (χ2n) is 8.74. The van der Waals surface area contributed by atoms with Gasteiger partial charge in [0.2, 0.25) is 5.91 Å². The van der Waals surface area contributed by atoms with Crippen LogP contribution in [0.5, 0.6) is 11.5 Å². The second kappa shape index (κ2) is 8.61. The first-order valence-corrected chi connectivity index (χ1v) is 10.9. The van der Waals surface area contributed by atoms with Crippen molar-refractivity contribution in [2.45, 2.75) is 51.7 Å². The van der Waals surface area contributed by atoms with Gasteiger partial charge in [-0.05, 0) is 60.1 Å². The molecule has 164 valence electrons. The van der Waals surface area contributed by atoms with Crippen molar-refractivity contribution in [2.24, 2.45) is 5.92 Å². The minimum Gasteiger partial charge on any atom is -0.493 e. The number of rotatable bonds is 7. The number of carbonyl (C=O) groups excluding carboxylic acids is 2. The molecule has 0 bridgehead atoms. The number of nitrogens with one attached hydrogen (secondary N) is 1. The van der Waals surface area contributed by atoms with Crippen LogP contribution < -0.4 is 14.8 Å². The Morgan fingerprint density at radius 2 is 1.84 bits per heavy atom. The molecule has 0 saturated heterocycles. The Morgan fingerprint density at radius 1 is 1.13 bits per heavy atom. The molecule has 1 N–H and O–H groups in total. The Bertz CT molecular complexity index is 1000. The van der Waals surface area contributed by atoms with E-state index in [-0.39, 0.29) is 23.8 Å². The molecule has 2 unspecified atom stereocenters. The number of hydrogen-bond donors (Lipinski definition) is 1. The van der Waals surface area contributed by atoms with Crippen molar-refractivity contribution in [3.63, 3.8) is 0 Å². The van der Waals surface area contributed by atoms with Crippen molar-refractivity contribution in [1.29, 1.82) is 0 Å². The van der Waals surface area contributed by atoms with Crippen LogP contribution in [0.4, 0.5) is 0 Å². The Hall–Kier alpha value is -3.02. The maximum atomic E-state index is 13.4. The van der Waals surface area contributed by atoms with Gasteiger partial charge in [-0.2, -0.15) is 0 Å². The summed E-state index contributed by atoms with van der Waals surface area (Å²) in [7, 11) is 3.24. The van der Waals surface area contributed by atoms with Gasteiger partial charge in [-0.25, -0.2) is 0 Å². The summed E-state index contributed by atoms with van der Waals surface area (Å²) in [5.41, 5.74) is 3.91. The fourth-order valence-corrected chi connectivity index (χ4v) is 4.70. The van der Waals surface area contributed by atoms with E-state index in [0.29, 0.717) is 30.0 Å². The molecule has 2 aromatic rings. The molecule has 2 atom stereocenters. The lowest BCUT2D eigenvalue weighted by Gasteiger charge is -2.29. The third kappa shape index (κ3) is 3.99. The zero-order valence-corrected chi connectivity index (χ0v) is 18.6. The lowest BCUT2D eigenvalue weighted by atomic mass is 10.0. The van der Waals surface area contributed by atoms with E-state index >= 15 is 0 Å². The normalized spacial score (nSPS) is 18.0. The molecular formula is C25H30N2O4. The second-order valence-corrected chi connectivity index (χ2v) is 8.74. The van der Waals surface area contributed by atoms with E-state index < -0.39 is 6.04 Å². The number of aryl methyl sites for hydroxylation is 1. The minimum absolute atomic E-state index is 0.0605. The molecule has 2 aromatic carbocycles. The summed E-state index contributed by atoms with van der Waals surface area (Å²) < 4.78 is 10.9. The van der Waals surface area contributed by atoms with Crippen LogP contribution in [0.3, 0.4) is 0 Å². The molecule has 2 amide bonds. The number of nitrogens with zero attached hydrogens (tertiary/aromatic N) is 1. The lowest BCUT2D eigenvalue weighted by molar-refractivity contribution is -0.127. The van der Waals surface area contributed by atoms with E-state index in [1.165, 1.54) is 0 Å². The van der Waals surface area contributed by atoms with Crippen LogP contribution in [0.1, 0.15) is 59.8 Å². The molecule has 1 aliphatic carbocycles. The van der Waals surface area contributed by atoms with E-state index in [1.807, 2.05) is 36.4 Å². The monoisotopic (exact) mass is 422 g/mol. The number of amides is 2. The standard InChI is InChI=1S/C25H30N2O4/c1-15(2)11-21(27-14-17-7-5-6-8-18(17)25(27)29)24(28)26-20-10-9-16-12-22(30-3)23(31-4)13-19(16)20/h5-8,12-13,15,20-21H,9-11,14H2,1-4H3,(H,26,28). The third-order valence-corrected chi connectivity index (χ3v) is 6.26. The van der Waals surface area contributed by atoms with Crippen molar-refractivity contribution in [2.75, 3.05) is 14.2 Å². The first kappa shape index (κ1) is 21.2. The van der Waals surface area contributed by atoms with Crippen molar-refractivity contribution >= 4 is 11.8 Å². The van der Waals surface area contributed by atoms with E-state index in [1.54, 1.807) is 19.1 Å². The van der Waals surface area contributed by atoms with Gasteiger partial charge < -0.3 is 19.7 Å². The predicted octanol–water partition coefficient (Wildman–Crippen LogP) is 3.88. The minimum atomic E-state index is -0.496. The maximum Gasteiger partial charge on any atom is 0.255 e. The van der Waals surface area contributed by atoms with E-state index in [2.05, 4.69) is 19.2 Å². The van der Waals surface area contributed by atoms with Gasteiger partial charge in [-0.1, -0.05) is 32.0 Å². The number of methoxy groups -OCH3 is 2. The summed E-state index contributed by atoms with van der Waals surface area (Å²) in [6.45, 7) is 4.64. The molecule has 0 saturated carbocycles. The maximum absolute atomic E-state index is 13.4. The summed E-state index contributed by atoms with van der Waals surface area (Å²) in [6, 6.07) is 11.0. The summed E-state index contributed by atoms with van der Waals surface area (Å²) in [4.78, 5) is 28.2. The molecule has 0 fully saturated rings. The molecule has 31 heavy (non-hydrogen) atoms. The molecule has 2 aliphatic rings. The highest BCUT2D eigenvalue weighted by Crippen LogP contribution is 2.39. The zero-order chi connectivity index (χ0) is 22.1. The van der Waals surface area contributed by atoms with E-state index in [0.717, 1.165) is 29.5 Å². The van der Waals surface area contributed by atoms with Gasteiger partial charge >= 0.3 is 0 Å². The van der Waals surface area contributed by atoms with E-state index in [4.69, 9.17) is 9.47 Å². The Kier molecular flexibility index (Phi) is 5.90. The molecular weight excluding hydrogens is 392 g/mol. The molecule has 0 aromatic heterocycles. The highest BCUT2D eigenvalue weighted by molar-refractivity contribution is 6.01. The van der Waals surface area contributed by atoms with Crippen LogP contribution in [0.2, 0.25) is 0 Å². The van der Waals surface area contributed by atoms with Crippen LogP contribution in [0.15, 0.2) is 36.4 Å². The Morgan fingerprint density at radius 3 is 2.52 bits per heavy atom. The summed E-state index contributed by atoms with van der Waals surface area (Å²) in [5.74, 6) is 1.49. The average Bonchev–Trinajstić information content (AvgIpc) is 3.31. The highest BCUT2D eigenvalue weighted by atomic mass is 16.5. The van der Waals surface area contributed by atoms with Crippen molar-refractivity contribution in [3.05, 3.63) is 58.7 Å². The first-order valence-electron chi connectivity index (χ1n) is 10.9. The fraction of sp³-hybridized carbons (Fsp3) is 0.440. The van der Waals surface area contributed by atoms with Gasteiger partial charge in [0, 0.05) is 12.1 Å². The number of fused-ring (bicyclic) bond motifs is 2. The topological polar surface area (TPSA) is 67.9 Å². The Labute approximate surface area is 183 Å². The molecule has 0 radical (unpaired) electrons. The van der Waals surface area contributed by atoms with Crippen molar-refractivity contribution in [3.8, 4) is 11.5 Å². The van der Waals surface area contributed by atoms with Gasteiger partial charge in [0.05, 0.1) is 20.3 Å². The van der Waals surface area contributed by atoms with Crippen LogP contribution in [0, 0.1) is 5.92 Å². The van der Waals surface area contributed by atoms with Gasteiger partial charge in [-0.15, -0.1) is 0 Å². The highest BCUT2D eigenvalue weighted by Gasteiger charge is 2.38. The van der Waals surface area contributed by atoms with Gasteiger partial charge in [0.1, 0.15) is 6.04 Å². The summed E-state index contributed by atoms with van der Waals surface area (Å²) in [5, 5.41) is 3.22. The van der Waals surface area contributed by atoms with Gasteiger partial charge in [0.15, 0.2) is 11.5 Å². The SMILES string of the molecule is COc1cc2c(cc1OC)C(NC(=O)C(CC(C)C)N1Cc3ccccc3C1=O)CC2. The molecule has 1 aliphatic heterocycles. The van der Waals surface area contributed by atoms with Crippen molar-refractivity contribution in [1.82, 2.24) is 10.2 Å². The first-order chi connectivity index (χ1) is 14.9. The van der Waals surface area contributed by atoms with E-state index in [9.17, 15) is 9.59 Å². The van der Waals surface area contributed by atoms with Crippen LogP contribution >= 0.6 is 0 Å².